The number of aromatic nitrogens is 1. The van der Waals surface area contributed by atoms with Crippen molar-refractivity contribution in [3.8, 4) is 17.3 Å². The molecule has 0 saturated carbocycles. The molecule has 0 atom stereocenters. The summed E-state index contributed by atoms with van der Waals surface area (Å²) in [7, 11) is 4.01. The second-order valence-electron chi connectivity index (χ2n) is 5.53. The lowest BCUT2D eigenvalue weighted by Crippen LogP contribution is -2.08. The summed E-state index contributed by atoms with van der Waals surface area (Å²) < 4.78 is 0. The number of para-hydroxylation sites is 1. The maximum Gasteiger partial charge on any atom is 0.102 e. The Kier molecular flexibility index (Phi) is 3.52. The third-order valence-corrected chi connectivity index (χ3v) is 3.90. The van der Waals surface area contributed by atoms with Crippen LogP contribution in [0.1, 0.15) is 11.1 Å². The summed E-state index contributed by atoms with van der Waals surface area (Å²) in [6.45, 7) is 1.99. The van der Waals surface area contributed by atoms with Crippen LogP contribution < -0.4 is 4.90 Å². The number of aryl methyl sites for hydroxylation is 1. The van der Waals surface area contributed by atoms with Gasteiger partial charge in [0.25, 0.3) is 0 Å². The van der Waals surface area contributed by atoms with Gasteiger partial charge in [-0.15, -0.1) is 0 Å². The van der Waals surface area contributed by atoms with E-state index in [0.29, 0.717) is 5.56 Å². The van der Waals surface area contributed by atoms with Gasteiger partial charge in [0, 0.05) is 30.7 Å². The number of benzene rings is 2. The van der Waals surface area contributed by atoms with Crippen LogP contribution in [0.15, 0.2) is 48.5 Å². The quantitative estimate of drug-likeness (QED) is 0.711. The van der Waals surface area contributed by atoms with Crippen molar-refractivity contribution >= 4 is 16.6 Å². The summed E-state index contributed by atoms with van der Waals surface area (Å²) in [5, 5.41) is 10.6. The minimum atomic E-state index is 0.648. The highest BCUT2D eigenvalue weighted by Crippen LogP contribution is 2.30. The van der Waals surface area contributed by atoms with E-state index >= 15 is 0 Å². The minimum Gasteiger partial charge on any atom is -0.378 e. The Bertz CT molecular complexity index is 889. The molecule has 108 valence electrons. The Morgan fingerprint density at radius 3 is 2.55 bits per heavy atom. The first-order valence-corrected chi connectivity index (χ1v) is 7.19. The smallest absolute Gasteiger partial charge is 0.102 e. The van der Waals surface area contributed by atoms with E-state index < -0.39 is 0 Å². The summed E-state index contributed by atoms with van der Waals surface area (Å²) >= 11 is 0. The Morgan fingerprint density at radius 1 is 1.05 bits per heavy atom. The third kappa shape index (κ3) is 2.29. The standard InChI is InChI=1S/C19H17N3/c1-13-16-9-4-5-10-18(16)21-19(17(13)12-20)14-7-6-8-15(11-14)22(2)3/h4-11H,1-3H3. The SMILES string of the molecule is Cc1c(C#N)c(-c2cccc(N(C)C)c2)nc2ccccc12. The summed E-state index contributed by atoms with van der Waals surface area (Å²) in [6, 6.07) is 18.4. The molecule has 0 aliphatic rings. The Hall–Kier alpha value is -2.86. The third-order valence-electron chi connectivity index (χ3n) is 3.90. The van der Waals surface area contributed by atoms with Crippen molar-refractivity contribution in [1.82, 2.24) is 4.98 Å². The van der Waals surface area contributed by atoms with Crippen molar-refractivity contribution < 1.29 is 0 Å². The van der Waals surface area contributed by atoms with Crippen molar-refractivity contribution in [1.29, 1.82) is 5.26 Å². The van der Waals surface area contributed by atoms with Crippen LogP contribution in [0.5, 0.6) is 0 Å². The first-order valence-electron chi connectivity index (χ1n) is 7.19. The van der Waals surface area contributed by atoms with Crippen LogP contribution in [0.3, 0.4) is 0 Å². The van der Waals surface area contributed by atoms with Gasteiger partial charge in [-0.25, -0.2) is 4.98 Å². The van der Waals surface area contributed by atoms with Crippen molar-refractivity contribution in [2.24, 2.45) is 0 Å². The molecular formula is C19H17N3. The molecule has 1 heterocycles. The maximum absolute atomic E-state index is 9.60. The molecule has 0 fully saturated rings. The molecule has 3 rings (SSSR count). The average molecular weight is 287 g/mol. The van der Waals surface area contributed by atoms with Gasteiger partial charge < -0.3 is 4.90 Å². The molecular weight excluding hydrogens is 270 g/mol. The molecule has 0 spiro atoms. The molecule has 0 aliphatic carbocycles. The molecule has 22 heavy (non-hydrogen) atoms. The molecule has 0 bridgehead atoms. The molecule has 0 unspecified atom stereocenters. The summed E-state index contributed by atoms with van der Waals surface area (Å²) in [5.41, 5.74) is 5.37. The number of pyridine rings is 1. The number of fused-ring (bicyclic) bond motifs is 1. The van der Waals surface area contributed by atoms with Gasteiger partial charge in [0.15, 0.2) is 0 Å². The fraction of sp³-hybridized carbons (Fsp3) is 0.158. The van der Waals surface area contributed by atoms with Crippen LogP contribution in [0.25, 0.3) is 22.2 Å². The zero-order valence-corrected chi connectivity index (χ0v) is 13.0. The Labute approximate surface area is 130 Å². The fourth-order valence-electron chi connectivity index (χ4n) is 2.65. The van der Waals surface area contributed by atoms with E-state index in [-0.39, 0.29) is 0 Å². The molecule has 0 amide bonds. The summed E-state index contributed by atoms with van der Waals surface area (Å²) in [6.07, 6.45) is 0. The van der Waals surface area contributed by atoms with Crippen molar-refractivity contribution in [3.63, 3.8) is 0 Å². The zero-order chi connectivity index (χ0) is 15.7. The number of anilines is 1. The highest BCUT2D eigenvalue weighted by atomic mass is 15.1. The molecule has 2 aromatic carbocycles. The van der Waals surface area contributed by atoms with Crippen LogP contribution in [0.2, 0.25) is 0 Å². The highest BCUT2D eigenvalue weighted by Gasteiger charge is 2.13. The van der Waals surface area contributed by atoms with Crippen molar-refractivity contribution in [2.45, 2.75) is 6.92 Å². The normalized spacial score (nSPS) is 10.5. The van der Waals surface area contributed by atoms with Gasteiger partial charge in [-0.2, -0.15) is 5.26 Å². The Morgan fingerprint density at radius 2 is 1.82 bits per heavy atom. The average Bonchev–Trinajstić information content (AvgIpc) is 2.55. The van der Waals surface area contributed by atoms with E-state index in [1.165, 1.54) is 0 Å². The summed E-state index contributed by atoms with van der Waals surface area (Å²) in [5.74, 6) is 0. The molecule has 3 nitrogen and oxygen atoms in total. The molecule has 3 aromatic rings. The van der Waals surface area contributed by atoms with E-state index in [2.05, 4.69) is 12.1 Å². The number of hydrogen-bond acceptors (Lipinski definition) is 3. The van der Waals surface area contributed by atoms with Gasteiger partial charge in [0.2, 0.25) is 0 Å². The first-order chi connectivity index (χ1) is 10.6. The van der Waals surface area contributed by atoms with E-state index in [1.807, 2.05) is 68.4 Å². The largest absolute Gasteiger partial charge is 0.378 e. The van der Waals surface area contributed by atoms with Crippen molar-refractivity contribution in [3.05, 3.63) is 59.7 Å². The van der Waals surface area contributed by atoms with Crippen LogP contribution in [-0.4, -0.2) is 19.1 Å². The molecule has 0 aliphatic heterocycles. The second-order valence-corrected chi connectivity index (χ2v) is 5.53. The van der Waals surface area contributed by atoms with E-state index in [0.717, 1.165) is 33.4 Å². The van der Waals surface area contributed by atoms with Gasteiger partial charge in [-0.05, 0) is 30.7 Å². The molecule has 0 radical (unpaired) electrons. The predicted molar refractivity (Wildman–Crippen MR) is 91.0 cm³/mol. The van der Waals surface area contributed by atoms with E-state index in [9.17, 15) is 5.26 Å². The lowest BCUT2D eigenvalue weighted by Gasteiger charge is -2.15. The van der Waals surface area contributed by atoms with Gasteiger partial charge >= 0.3 is 0 Å². The number of nitriles is 1. The first kappa shape index (κ1) is 14.1. The number of rotatable bonds is 2. The molecule has 0 N–H and O–H groups in total. The molecule has 1 aromatic heterocycles. The van der Waals surface area contributed by atoms with E-state index in [1.54, 1.807) is 0 Å². The Balaban J connectivity index is 2.31. The van der Waals surface area contributed by atoms with Gasteiger partial charge in [0.05, 0.1) is 16.8 Å². The van der Waals surface area contributed by atoms with Gasteiger partial charge in [-0.1, -0.05) is 30.3 Å². The lowest BCUT2D eigenvalue weighted by atomic mass is 9.98. The van der Waals surface area contributed by atoms with Crippen molar-refractivity contribution in [2.75, 3.05) is 19.0 Å². The van der Waals surface area contributed by atoms with Crippen LogP contribution in [0.4, 0.5) is 5.69 Å². The fourth-order valence-corrected chi connectivity index (χ4v) is 2.65. The topological polar surface area (TPSA) is 39.9 Å². The zero-order valence-electron chi connectivity index (χ0n) is 13.0. The lowest BCUT2D eigenvalue weighted by molar-refractivity contribution is 1.13. The number of nitrogens with zero attached hydrogens (tertiary/aromatic N) is 3. The summed E-state index contributed by atoms with van der Waals surface area (Å²) in [4.78, 5) is 6.78. The van der Waals surface area contributed by atoms with Gasteiger partial charge in [-0.3, -0.25) is 0 Å². The van der Waals surface area contributed by atoms with Crippen LogP contribution >= 0.6 is 0 Å². The van der Waals surface area contributed by atoms with E-state index in [4.69, 9.17) is 4.98 Å². The second kappa shape index (κ2) is 5.50. The minimum absolute atomic E-state index is 0.648. The van der Waals surface area contributed by atoms with Crippen LogP contribution in [-0.2, 0) is 0 Å². The number of hydrogen-bond donors (Lipinski definition) is 0. The molecule has 0 saturated heterocycles. The highest BCUT2D eigenvalue weighted by molar-refractivity contribution is 5.88. The van der Waals surface area contributed by atoms with Crippen LogP contribution in [0, 0.1) is 18.3 Å². The van der Waals surface area contributed by atoms with Gasteiger partial charge in [0.1, 0.15) is 6.07 Å². The predicted octanol–water partition coefficient (Wildman–Crippen LogP) is 4.15. The maximum atomic E-state index is 9.60. The molecule has 3 heteroatoms. The monoisotopic (exact) mass is 287 g/mol.